The monoisotopic (exact) mass is 300 g/mol. The number of hydrogen-bond donors (Lipinski definition) is 0. The fourth-order valence-corrected chi connectivity index (χ4v) is 3.70. The van der Waals surface area contributed by atoms with E-state index < -0.39 is 0 Å². The Kier molecular flexibility index (Phi) is 6.51. The molecule has 1 saturated carbocycles. The van der Waals surface area contributed by atoms with Crippen molar-refractivity contribution >= 4 is 15.9 Å². The lowest BCUT2D eigenvalue weighted by Crippen LogP contribution is -2.38. The van der Waals surface area contributed by atoms with Crippen LogP contribution in [0.4, 0.5) is 0 Å². The van der Waals surface area contributed by atoms with E-state index in [0.717, 1.165) is 18.4 Å². The molecule has 1 atom stereocenters. The summed E-state index contributed by atoms with van der Waals surface area (Å²) in [5.74, 6) is 0.137. The molecular weight excluding hydrogens is 276 g/mol. The second kappa shape index (κ2) is 7.38. The third kappa shape index (κ3) is 4.97. The number of rotatable bonds is 5. The normalized spacial score (nSPS) is 21.8. The SMILES string of the molecule is CC(C#N)CN(C)CC1(CBr)CCCCCC1. The molecule has 0 aliphatic heterocycles. The van der Waals surface area contributed by atoms with Gasteiger partial charge in [0.25, 0.3) is 0 Å². The molecule has 0 radical (unpaired) electrons. The van der Waals surface area contributed by atoms with Gasteiger partial charge >= 0.3 is 0 Å². The standard InChI is InChI=1S/C14H25BrN2/c1-13(9-16)10-17(2)12-14(11-15)7-5-3-4-6-8-14/h13H,3-8,10-12H2,1-2H3. The molecule has 0 aromatic carbocycles. The lowest BCUT2D eigenvalue weighted by Gasteiger charge is -2.35. The number of nitriles is 1. The first kappa shape index (κ1) is 15.0. The van der Waals surface area contributed by atoms with Crippen LogP contribution >= 0.6 is 15.9 Å². The summed E-state index contributed by atoms with van der Waals surface area (Å²) in [4.78, 5) is 2.35. The van der Waals surface area contributed by atoms with E-state index in [1.807, 2.05) is 6.92 Å². The number of hydrogen-bond acceptors (Lipinski definition) is 2. The summed E-state index contributed by atoms with van der Waals surface area (Å²) in [6.45, 7) is 4.03. The summed E-state index contributed by atoms with van der Waals surface area (Å²) in [5.41, 5.74) is 0.445. The van der Waals surface area contributed by atoms with E-state index in [2.05, 4.69) is 33.9 Å². The molecule has 0 amide bonds. The molecule has 2 nitrogen and oxygen atoms in total. The molecule has 1 rings (SSSR count). The predicted octanol–water partition coefficient (Wildman–Crippen LogP) is 3.81. The van der Waals surface area contributed by atoms with Crippen molar-refractivity contribution in [1.82, 2.24) is 4.90 Å². The molecule has 17 heavy (non-hydrogen) atoms. The van der Waals surface area contributed by atoms with Gasteiger partial charge in [-0.05, 0) is 32.2 Å². The van der Waals surface area contributed by atoms with Crippen LogP contribution in [-0.4, -0.2) is 30.4 Å². The Morgan fingerprint density at radius 3 is 2.35 bits per heavy atom. The zero-order valence-electron chi connectivity index (χ0n) is 11.2. The van der Waals surface area contributed by atoms with Gasteiger partial charge in [-0.3, -0.25) is 0 Å². The van der Waals surface area contributed by atoms with Gasteiger partial charge in [0.15, 0.2) is 0 Å². The van der Waals surface area contributed by atoms with E-state index in [1.54, 1.807) is 0 Å². The summed E-state index contributed by atoms with van der Waals surface area (Å²) >= 11 is 3.72. The van der Waals surface area contributed by atoms with Crippen molar-refractivity contribution in [3.8, 4) is 6.07 Å². The molecule has 0 aromatic rings. The van der Waals surface area contributed by atoms with Gasteiger partial charge in [-0.2, -0.15) is 5.26 Å². The Morgan fingerprint density at radius 2 is 1.88 bits per heavy atom. The fourth-order valence-electron chi connectivity index (χ4n) is 2.96. The zero-order valence-corrected chi connectivity index (χ0v) is 12.8. The van der Waals surface area contributed by atoms with Gasteiger partial charge < -0.3 is 4.90 Å². The maximum atomic E-state index is 8.87. The van der Waals surface area contributed by atoms with Gasteiger partial charge in [0, 0.05) is 18.4 Å². The van der Waals surface area contributed by atoms with Crippen LogP contribution in [0, 0.1) is 22.7 Å². The van der Waals surface area contributed by atoms with E-state index in [-0.39, 0.29) is 5.92 Å². The average Bonchev–Trinajstić information content (AvgIpc) is 2.55. The maximum absolute atomic E-state index is 8.87. The Balaban J connectivity index is 2.52. The van der Waals surface area contributed by atoms with E-state index in [1.165, 1.54) is 38.5 Å². The highest BCUT2D eigenvalue weighted by Gasteiger charge is 2.31. The highest BCUT2D eigenvalue weighted by atomic mass is 79.9. The van der Waals surface area contributed by atoms with Crippen molar-refractivity contribution in [2.75, 3.05) is 25.5 Å². The van der Waals surface area contributed by atoms with Crippen LogP contribution in [-0.2, 0) is 0 Å². The van der Waals surface area contributed by atoms with Crippen LogP contribution in [0.2, 0.25) is 0 Å². The van der Waals surface area contributed by atoms with Crippen LogP contribution in [0.5, 0.6) is 0 Å². The molecule has 1 unspecified atom stereocenters. The minimum Gasteiger partial charge on any atom is -0.304 e. The average molecular weight is 301 g/mol. The highest BCUT2D eigenvalue weighted by molar-refractivity contribution is 9.09. The number of nitrogens with zero attached hydrogens (tertiary/aromatic N) is 2. The Bertz CT molecular complexity index is 251. The van der Waals surface area contributed by atoms with Crippen molar-refractivity contribution < 1.29 is 0 Å². The Labute approximate surface area is 114 Å². The lowest BCUT2D eigenvalue weighted by molar-refractivity contribution is 0.169. The first-order valence-electron chi connectivity index (χ1n) is 6.76. The molecular formula is C14H25BrN2. The second-order valence-corrected chi connectivity index (χ2v) is 6.34. The second-order valence-electron chi connectivity index (χ2n) is 5.77. The molecule has 0 aromatic heterocycles. The van der Waals surface area contributed by atoms with Crippen molar-refractivity contribution in [2.24, 2.45) is 11.3 Å². The predicted molar refractivity (Wildman–Crippen MR) is 76.2 cm³/mol. The summed E-state index contributed by atoms with van der Waals surface area (Å²) < 4.78 is 0. The van der Waals surface area contributed by atoms with E-state index in [4.69, 9.17) is 5.26 Å². The minimum atomic E-state index is 0.137. The first-order valence-corrected chi connectivity index (χ1v) is 7.88. The molecule has 0 saturated heterocycles. The van der Waals surface area contributed by atoms with Crippen LogP contribution in [0.15, 0.2) is 0 Å². The topological polar surface area (TPSA) is 27.0 Å². The third-order valence-corrected chi connectivity index (χ3v) is 5.05. The van der Waals surface area contributed by atoms with Gasteiger partial charge in [0.2, 0.25) is 0 Å². The zero-order chi connectivity index (χ0) is 12.7. The molecule has 0 heterocycles. The van der Waals surface area contributed by atoms with Crippen molar-refractivity contribution in [1.29, 1.82) is 5.26 Å². The van der Waals surface area contributed by atoms with Crippen molar-refractivity contribution in [2.45, 2.75) is 45.4 Å². The van der Waals surface area contributed by atoms with Gasteiger partial charge in [0.1, 0.15) is 0 Å². The van der Waals surface area contributed by atoms with E-state index in [9.17, 15) is 0 Å². The molecule has 1 aliphatic carbocycles. The summed E-state index contributed by atoms with van der Waals surface area (Å²) in [7, 11) is 2.16. The minimum absolute atomic E-state index is 0.137. The largest absolute Gasteiger partial charge is 0.304 e. The maximum Gasteiger partial charge on any atom is 0.0666 e. The van der Waals surface area contributed by atoms with Gasteiger partial charge in [-0.15, -0.1) is 0 Å². The highest BCUT2D eigenvalue weighted by Crippen LogP contribution is 2.37. The Hall–Kier alpha value is -0.0700. The van der Waals surface area contributed by atoms with Crippen LogP contribution in [0.3, 0.4) is 0 Å². The molecule has 0 spiro atoms. The van der Waals surface area contributed by atoms with Crippen molar-refractivity contribution in [3.05, 3.63) is 0 Å². The number of alkyl halides is 1. The van der Waals surface area contributed by atoms with E-state index in [0.29, 0.717) is 5.41 Å². The third-order valence-electron chi connectivity index (χ3n) is 3.86. The quantitative estimate of drug-likeness (QED) is 0.570. The van der Waals surface area contributed by atoms with E-state index >= 15 is 0 Å². The molecule has 98 valence electrons. The van der Waals surface area contributed by atoms with Crippen LogP contribution in [0.1, 0.15) is 45.4 Å². The fraction of sp³-hybridized carbons (Fsp3) is 0.929. The van der Waals surface area contributed by atoms with Crippen LogP contribution in [0.25, 0.3) is 0 Å². The first-order chi connectivity index (χ1) is 8.12. The van der Waals surface area contributed by atoms with Gasteiger partial charge in [-0.25, -0.2) is 0 Å². The molecule has 0 bridgehead atoms. The summed E-state index contributed by atoms with van der Waals surface area (Å²) in [6, 6.07) is 2.32. The Morgan fingerprint density at radius 1 is 1.29 bits per heavy atom. The smallest absolute Gasteiger partial charge is 0.0666 e. The van der Waals surface area contributed by atoms with Gasteiger partial charge in [0.05, 0.1) is 12.0 Å². The summed E-state index contributed by atoms with van der Waals surface area (Å²) in [5, 5.41) is 9.97. The number of halogens is 1. The van der Waals surface area contributed by atoms with Crippen LogP contribution < -0.4 is 0 Å². The molecule has 1 aliphatic rings. The summed E-state index contributed by atoms with van der Waals surface area (Å²) in [6.07, 6.45) is 8.20. The molecule has 1 fully saturated rings. The molecule has 3 heteroatoms. The lowest BCUT2D eigenvalue weighted by atomic mass is 9.82. The molecule has 0 N–H and O–H groups in total. The van der Waals surface area contributed by atoms with Gasteiger partial charge in [-0.1, -0.05) is 41.6 Å². The van der Waals surface area contributed by atoms with Crippen molar-refractivity contribution in [3.63, 3.8) is 0 Å².